The topological polar surface area (TPSA) is 111 Å². The molecule has 0 unspecified atom stereocenters. The predicted molar refractivity (Wildman–Crippen MR) is 126 cm³/mol. The zero-order chi connectivity index (χ0) is 25.4. The Morgan fingerprint density at radius 2 is 1.63 bits per heavy atom. The molecule has 0 bridgehead atoms. The van der Waals surface area contributed by atoms with Gasteiger partial charge >= 0.3 is 18.0 Å². The van der Waals surface area contributed by atoms with Crippen molar-refractivity contribution in [3.63, 3.8) is 0 Å². The molecule has 2 amide bonds. The molecule has 9 heteroatoms. The van der Waals surface area contributed by atoms with Crippen LogP contribution in [0.25, 0.3) is 0 Å². The summed E-state index contributed by atoms with van der Waals surface area (Å²) in [5.41, 5.74) is 2.66. The minimum Gasteiger partial charge on any atom is -0.469 e. The molecule has 186 valence electrons. The Labute approximate surface area is 204 Å². The van der Waals surface area contributed by atoms with Crippen LogP contribution in [-0.2, 0) is 48.2 Å². The average Bonchev–Trinajstić information content (AvgIpc) is 2.89. The summed E-state index contributed by atoms with van der Waals surface area (Å²) in [6, 6.07) is 14.8. The summed E-state index contributed by atoms with van der Waals surface area (Å²) >= 11 is 0. The summed E-state index contributed by atoms with van der Waals surface area (Å²) in [7, 11) is 2.45. The van der Waals surface area contributed by atoms with Gasteiger partial charge in [0.05, 0.1) is 27.2 Å². The van der Waals surface area contributed by atoms with E-state index in [9.17, 15) is 19.2 Å². The molecule has 1 heterocycles. The van der Waals surface area contributed by atoms with Gasteiger partial charge in [0.2, 0.25) is 5.91 Å². The van der Waals surface area contributed by atoms with Crippen molar-refractivity contribution in [1.82, 2.24) is 10.2 Å². The van der Waals surface area contributed by atoms with Crippen LogP contribution in [0.2, 0.25) is 0 Å². The third-order valence-electron chi connectivity index (χ3n) is 6.03. The normalized spacial score (nSPS) is 16.3. The fraction of sp³-hybridized carbons (Fsp3) is 0.385. The van der Waals surface area contributed by atoms with Crippen LogP contribution in [-0.4, -0.2) is 55.1 Å². The highest BCUT2D eigenvalue weighted by molar-refractivity contribution is 5.90. The fourth-order valence-electron chi connectivity index (χ4n) is 4.03. The van der Waals surface area contributed by atoms with E-state index < -0.39 is 41.9 Å². The molecule has 0 aromatic heterocycles. The summed E-state index contributed by atoms with van der Waals surface area (Å²) < 4.78 is 15.0. The number of fused-ring (bicyclic) bond motifs is 1. The number of carbonyl (C=O) groups is 4. The van der Waals surface area contributed by atoms with Crippen molar-refractivity contribution in [2.45, 2.75) is 45.0 Å². The van der Waals surface area contributed by atoms with Crippen LogP contribution in [0.5, 0.6) is 0 Å². The molecule has 0 aliphatic carbocycles. The number of nitrogens with zero attached hydrogens (tertiary/aromatic N) is 1. The summed E-state index contributed by atoms with van der Waals surface area (Å²) in [5, 5.41) is 2.69. The van der Waals surface area contributed by atoms with Crippen molar-refractivity contribution in [3.8, 4) is 0 Å². The maximum atomic E-state index is 13.4. The summed E-state index contributed by atoms with van der Waals surface area (Å²) in [6.07, 6.45) is -0.477. The van der Waals surface area contributed by atoms with Crippen LogP contribution in [0, 0.1) is 5.92 Å². The Hall–Kier alpha value is -3.88. The number of ether oxygens (including phenoxy) is 3. The maximum absolute atomic E-state index is 13.4. The molecule has 0 saturated carbocycles. The molecule has 1 aliphatic heterocycles. The molecule has 0 radical (unpaired) electrons. The van der Waals surface area contributed by atoms with Crippen LogP contribution in [0.3, 0.4) is 0 Å². The highest BCUT2D eigenvalue weighted by Gasteiger charge is 2.38. The second-order valence-corrected chi connectivity index (χ2v) is 8.42. The molecule has 1 N–H and O–H groups in total. The molecule has 0 fully saturated rings. The first-order valence-corrected chi connectivity index (χ1v) is 11.3. The Morgan fingerprint density at radius 3 is 2.29 bits per heavy atom. The molecule has 35 heavy (non-hydrogen) atoms. The van der Waals surface area contributed by atoms with E-state index in [-0.39, 0.29) is 26.0 Å². The molecular formula is C26H30N2O7. The van der Waals surface area contributed by atoms with Crippen LogP contribution in [0.1, 0.15) is 30.0 Å². The van der Waals surface area contributed by atoms with Gasteiger partial charge in [0.25, 0.3) is 0 Å². The number of nitrogens with one attached hydrogen (secondary N) is 1. The number of benzene rings is 2. The van der Waals surface area contributed by atoms with Crippen LogP contribution < -0.4 is 5.32 Å². The fourth-order valence-corrected chi connectivity index (χ4v) is 4.03. The number of amides is 2. The van der Waals surface area contributed by atoms with E-state index in [1.807, 2.05) is 54.6 Å². The van der Waals surface area contributed by atoms with Gasteiger partial charge in [-0.2, -0.15) is 0 Å². The van der Waals surface area contributed by atoms with E-state index in [1.165, 1.54) is 19.1 Å². The predicted octanol–water partition coefficient (Wildman–Crippen LogP) is 2.61. The van der Waals surface area contributed by atoms with Gasteiger partial charge in [-0.05, 0) is 22.6 Å². The zero-order valence-electron chi connectivity index (χ0n) is 20.1. The van der Waals surface area contributed by atoms with Crippen molar-refractivity contribution in [3.05, 3.63) is 71.3 Å². The number of hydrogen-bond donors (Lipinski definition) is 1. The second-order valence-electron chi connectivity index (χ2n) is 8.42. The molecule has 2 aromatic rings. The molecule has 3 atom stereocenters. The smallest absolute Gasteiger partial charge is 0.411 e. The number of methoxy groups -OCH3 is 2. The third-order valence-corrected chi connectivity index (χ3v) is 6.03. The summed E-state index contributed by atoms with van der Waals surface area (Å²) in [4.78, 5) is 52.0. The lowest BCUT2D eigenvalue weighted by Gasteiger charge is -2.36. The first-order chi connectivity index (χ1) is 16.8. The summed E-state index contributed by atoms with van der Waals surface area (Å²) in [5.74, 6) is -2.33. The van der Waals surface area contributed by atoms with Gasteiger partial charge in [0.15, 0.2) is 0 Å². The van der Waals surface area contributed by atoms with Crippen LogP contribution >= 0.6 is 0 Å². The first-order valence-electron chi connectivity index (χ1n) is 11.3. The van der Waals surface area contributed by atoms with Gasteiger partial charge in [-0.15, -0.1) is 0 Å². The molecule has 2 aromatic carbocycles. The van der Waals surface area contributed by atoms with Gasteiger partial charge in [-0.25, -0.2) is 9.59 Å². The van der Waals surface area contributed by atoms with Gasteiger partial charge in [0, 0.05) is 6.42 Å². The zero-order valence-corrected chi connectivity index (χ0v) is 20.1. The maximum Gasteiger partial charge on any atom is 0.411 e. The van der Waals surface area contributed by atoms with E-state index in [0.29, 0.717) is 0 Å². The van der Waals surface area contributed by atoms with E-state index in [0.717, 1.165) is 16.7 Å². The van der Waals surface area contributed by atoms with Crippen molar-refractivity contribution in [2.75, 3.05) is 14.2 Å². The molecule has 9 nitrogen and oxygen atoms in total. The lowest BCUT2D eigenvalue weighted by atomic mass is 9.92. The van der Waals surface area contributed by atoms with Crippen LogP contribution in [0.15, 0.2) is 54.6 Å². The standard InChI is InChI=1S/C26H30N2O7/c1-17(13-22(29)33-2)23(25(31)34-3)27-24(30)21-14-19-11-7-8-12-20(19)15-28(21)26(32)35-16-18-9-5-4-6-10-18/h4-12,17,21,23H,13-16H2,1-3H3,(H,27,30)/t17-,21+,23+/m1/s1. The van der Waals surface area contributed by atoms with Crippen molar-refractivity contribution < 1.29 is 33.4 Å². The van der Waals surface area contributed by atoms with Gasteiger partial charge in [0.1, 0.15) is 18.7 Å². The van der Waals surface area contributed by atoms with E-state index in [4.69, 9.17) is 9.47 Å². The Morgan fingerprint density at radius 1 is 0.971 bits per heavy atom. The quantitative estimate of drug-likeness (QED) is 0.455. The first kappa shape index (κ1) is 25.7. The van der Waals surface area contributed by atoms with Crippen molar-refractivity contribution in [2.24, 2.45) is 5.92 Å². The second kappa shape index (κ2) is 12.0. The SMILES string of the molecule is COC(=O)C[C@@H](C)[C@H](NC(=O)[C@@H]1Cc2ccccc2CN1C(=O)OCc1ccccc1)C(=O)OC. The summed E-state index contributed by atoms with van der Waals surface area (Å²) in [6.45, 7) is 1.89. The number of rotatable bonds is 8. The van der Waals surface area contributed by atoms with Crippen molar-refractivity contribution in [1.29, 1.82) is 0 Å². The van der Waals surface area contributed by atoms with Gasteiger partial charge < -0.3 is 19.5 Å². The van der Waals surface area contributed by atoms with E-state index in [2.05, 4.69) is 10.1 Å². The minimum absolute atomic E-state index is 0.0626. The molecule has 0 spiro atoms. The molecule has 3 rings (SSSR count). The number of carbonyl (C=O) groups excluding carboxylic acids is 4. The number of hydrogen-bond acceptors (Lipinski definition) is 7. The monoisotopic (exact) mass is 482 g/mol. The Bertz CT molecular complexity index is 1060. The molecule has 0 saturated heterocycles. The largest absolute Gasteiger partial charge is 0.469 e. The van der Waals surface area contributed by atoms with Crippen LogP contribution in [0.4, 0.5) is 4.79 Å². The highest BCUT2D eigenvalue weighted by Crippen LogP contribution is 2.25. The van der Waals surface area contributed by atoms with Crippen molar-refractivity contribution >= 4 is 23.9 Å². The number of esters is 2. The molecular weight excluding hydrogens is 452 g/mol. The highest BCUT2D eigenvalue weighted by atomic mass is 16.6. The third kappa shape index (κ3) is 6.59. The minimum atomic E-state index is -1.09. The lowest BCUT2D eigenvalue weighted by Crippen LogP contribution is -2.57. The van der Waals surface area contributed by atoms with Gasteiger partial charge in [-0.3, -0.25) is 14.5 Å². The average molecular weight is 483 g/mol. The molecule has 1 aliphatic rings. The Balaban J connectivity index is 1.80. The van der Waals surface area contributed by atoms with E-state index >= 15 is 0 Å². The lowest BCUT2D eigenvalue weighted by molar-refractivity contribution is -0.149. The van der Waals surface area contributed by atoms with E-state index in [1.54, 1.807) is 6.92 Å². The Kier molecular flexibility index (Phi) is 8.83. The van der Waals surface area contributed by atoms with Gasteiger partial charge in [-0.1, -0.05) is 61.5 Å².